The van der Waals surface area contributed by atoms with Crippen LogP contribution in [0.2, 0.25) is 0 Å². The molecule has 0 saturated heterocycles. The summed E-state index contributed by atoms with van der Waals surface area (Å²) in [4.78, 5) is 26.0. The van der Waals surface area contributed by atoms with Gasteiger partial charge in [-0.25, -0.2) is 0 Å². The Morgan fingerprint density at radius 2 is 2.00 bits per heavy atom. The largest absolute Gasteiger partial charge is 0.367 e. The van der Waals surface area contributed by atoms with Crippen molar-refractivity contribution in [2.45, 2.75) is 27.2 Å². The lowest BCUT2D eigenvalue weighted by Crippen LogP contribution is -2.38. The van der Waals surface area contributed by atoms with E-state index in [1.807, 2.05) is 6.92 Å². The van der Waals surface area contributed by atoms with Gasteiger partial charge >= 0.3 is 5.97 Å². The highest BCUT2D eigenvalue weighted by molar-refractivity contribution is 5.72. The zero-order valence-corrected chi connectivity index (χ0v) is 8.29. The quantitative estimate of drug-likeness (QED) is 0.497. The first-order chi connectivity index (χ1) is 6.06. The smallest absolute Gasteiger partial charge is 0.322 e. The number of carbonyl (C=O) groups excluding carboxylic acids is 2. The summed E-state index contributed by atoms with van der Waals surface area (Å²) in [6.07, 6.45) is 0.854. The summed E-state index contributed by atoms with van der Waals surface area (Å²) in [5.74, 6) is -0.521. The Labute approximate surface area is 78.0 Å². The van der Waals surface area contributed by atoms with Crippen molar-refractivity contribution in [3.05, 3.63) is 0 Å². The van der Waals surface area contributed by atoms with Crippen LogP contribution in [0, 0.1) is 0 Å². The molecule has 0 aliphatic rings. The van der Waals surface area contributed by atoms with E-state index in [1.54, 1.807) is 0 Å². The van der Waals surface area contributed by atoms with E-state index in [9.17, 15) is 9.59 Å². The summed E-state index contributed by atoms with van der Waals surface area (Å²) >= 11 is 0. The van der Waals surface area contributed by atoms with Gasteiger partial charge in [-0.1, -0.05) is 6.92 Å². The molecule has 0 unspecified atom stereocenters. The molecule has 1 amide bonds. The Morgan fingerprint density at radius 3 is 2.38 bits per heavy atom. The molecule has 0 aromatic rings. The minimum atomic E-state index is -0.376. The fraction of sp³-hybridized carbons (Fsp3) is 0.750. The highest BCUT2D eigenvalue weighted by Crippen LogP contribution is 1.91. The van der Waals surface area contributed by atoms with Gasteiger partial charge in [0, 0.05) is 20.4 Å². The van der Waals surface area contributed by atoms with Crippen molar-refractivity contribution in [3.8, 4) is 0 Å². The van der Waals surface area contributed by atoms with Crippen molar-refractivity contribution in [2.75, 3.05) is 13.2 Å². The standard InChI is InChI=1S/C8H16N2O3/c1-4-5-10(13-8(3)12)6-9-7(2)11/h4-6H2,1-3H3,(H,9,11). The van der Waals surface area contributed by atoms with E-state index in [-0.39, 0.29) is 18.5 Å². The van der Waals surface area contributed by atoms with E-state index in [0.29, 0.717) is 6.54 Å². The molecule has 13 heavy (non-hydrogen) atoms. The second-order valence-corrected chi connectivity index (χ2v) is 2.68. The number of hydrogen-bond acceptors (Lipinski definition) is 4. The molecule has 0 bridgehead atoms. The molecule has 0 aromatic heterocycles. The Balaban J connectivity index is 3.79. The lowest BCUT2D eigenvalue weighted by molar-refractivity contribution is -0.190. The first kappa shape index (κ1) is 11.9. The minimum Gasteiger partial charge on any atom is -0.367 e. The van der Waals surface area contributed by atoms with E-state index in [0.717, 1.165) is 6.42 Å². The Bertz CT molecular complexity index is 182. The lowest BCUT2D eigenvalue weighted by Gasteiger charge is -2.19. The molecule has 0 fully saturated rings. The van der Waals surface area contributed by atoms with Gasteiger partial charge in [0.15, 0.2) is 0 Å². The van der Waals surface area contributed by atoms with Crippen LogP contribution in [0.5, 0.6) is 0 Å². The first-order valence-corrected chi connectivity index (χ1v) is 4.24. The summed E-state index contributed by atoms with van der Waals surface area (Å²) < 4.78 is 0. The second-order valence-electron chi connectivity index (χ2n) is 2.68. The summed E-state index contributed by atoms with van der Waals surface area (Å²) in [5, 5.41) is 3.97. The first-order valence-electron chi connectivity index (χ1n) is 4.24. The van der Waals surface area contributed by atoms with Crippen molar-refractivity contribution in [3.63, 3.8) is 0 Å². The fourth-order valence-electron chi connectivity index (χ4n) is 0.788. The predicted molar refractivity (Wildman–Crippen MR) is 47.4 cm³/mol. The van der Waals surface area contributed by atoms with Crippen LogP contribution in [0.3, 0.4) is 0 Å². The molecule has 5 heteroatoms. The van der Waals surface area contributed by atoms with Crippen LogP contribution in [-0.2, 0) is 14.4 Å². The molecule has 0 aliphatic heterocycles. The number of rotatable bonds is 5. The van der Waals surface area contributed by atoms with Crippen molar-refractivity contribution >= 4 is 11.9 Å². The average Bonchev–Trinajstić information content (AvgIpc) is 1.99. The number of amides is 1. The maximum Gasteiger partial charge on any atom is 0.322 e. The molecule has 0 heterocycles. The summed E-state index contributed by atoms with van der Waals surface area (Å²) in [5.41, 5.74) is 0. The molecule has 1 N–H and O–H groups in total. The van der Waals surface area contributed by atoms with Gasteiger partial charge in [0.25, 0.3) is 0 Å². The van der Waals surface area contributed by atoms with Crippen LogP contribution in [0.1, 0.15) is 27.2 Å². The number of nitrogens with zero attached hydrogens (tertiary/aromatic N) is 1. The van der Waals surface area contributed by atoms with Gasteiger partial charge in [0.05, 0.1) is 0 Å². The summed E-state index contributed by atoms with van der Waals surface area (Å²) in [7, 11) is 0. The van der Waals surface area contributed by atoms with Crippen LogP contribution in [-0.4, -0.2) is 30.2 Å². The average molecular weight is 188 g/mol. The molecular weight excluding hydrogens is 172 g/mol. The molecule has 76 valence electrons. The van der Waals surface area contributed by atoms with Crippen molar-refractivity contribution in [1.29, 1.82) is 0 Å². The maximum absolute atomic E-state index is 10.6. The molecule has 0 radical (unpaired) electrons. The topological polar surface area (TPSA) is 58.6 Å². The van der Waals surface area contributed by atoms with E-state index < -0.39 is 0 Å². The zero-order valence-electron chi connectivity index (χ0n) is 8.29. The van der Waals surface area contributed by atoms with Crippen LogP contribution in [0.15, 0.2) is 0 Å². The summed E-state index contributed by atoms with van der Waals surface area (Å²) in [6.45, 7) is 5.56. The molecule has 0 saturated carbocycles. The molecule has 5 nitrogen and oxygen atoms in total. The van der Waals surface area contributed by atoms with Gasteiger partial charge < -0.3 is 10.2 Å². The third-order valence-corrected chi connectivity index (χ3v) is 1.24. The fourth-order valence-corrected chi connectivity index (χ4v) is 0.788. The monoisotopic (exact) mass is 188 g/mol. The van der Waals surface area contributed by atoms with Gasteiger partial charge in [-0.05, 0) is 6.42 Å². The molecule has 0 rings (SSSR count). The van der Waals surface area contributed by atoms with Gasteiger partial charge in [0.2, 0.25) is 5.91 Å². The van der Waals surface area contributed by atoms with Crippen LogP contribution in [0.4, 0.5) is 0 Å². The molecule has 0 aromatic carbocycles. The Kier molecular flexibility index (Phi) is 5.88. The molecule has 0 atom stereocenters. The van der Waals surface area contributed by atoms with Gasteiger partial charge in [0.1, 0.15) is 6.67 Å². The van der Waals surface area contributed by atoms with E-state index in [2.05, 4.69) is 5.32 Å². The van der Waals surface area contributed by atoms with E-state index in [1.165, 1.54) is 18.9 Å². The lowest BCUT2D eigenvalue weighted by atomic mass is 10.5. The minimum absolute atomic E-state index is 0.145. The Morgan fingerprint density at radius 1 is 1.38 bits per heavy atom. The number of hydrogen-bond donors (Lipinski definition) is 1. The van der Waals surface area contributed by atoms with E-state index in [4.69, 9.17) is 4.84 Å². The normalized spacial score (nSPS) is 9.85. The van der Waals surface area contributed by atoms with Gasteiger partial charge in [-0.15, -0.1) is 5.06 Å². The highest BCUT2D eigenvalue weighted by Gasteiger charge is 2.06. The Hall–Kier alpha value is -1.10. The van der Waals surface area contributed by atoms with Crippen molar-refractivity contribution < 1.29 is 14.4 Å². The number of hydroxylamine groups is 2. The second kappa shape index (κ2) is 6.42. The maximum atomic E-state index is 10.6. The van der Waals surface area contributed by atoms with Crippen LogP contribution in [0.25, 0.3) is 0 Å². The van der Waals surface area contributed by atoms with E-state index >= 15 is 0 Å². The molecule has 0 spiro atoms. The highest BCUT2D eigenvalue weighted by atomic mass is 16.7. The summed E-state index contributed by atoms with van der Waals surface area (Å²) in [6, 6.07) is 0. The number of nitrogens with one attached hydrogen (secondary N) is 1. The van der Waals surface area contributed by atoms with Gasteiger partial charge in [-0.2, -0.15) is 0 Å². The SMILES string of the molecule is CCCN(CNC(C)=O)OC(C)=O. The zero-order chi connectivity index (χ0) is 10.3. The molecule has 0 aliphatic carbocycles. The third kappa shape index (κ3) is 7.27. The number of carbonyl (C=O) groups is 2. The molecular formula is C8H16N2O3. The third-order valence-electron chi connectivity index (χ3n) is 1.24. The van der Waals surface area contributed by atoms with Crippen molar-refractivity contribution in [1.82, 2.24) is 10.4 Å². The van der Waals surface area contributed by atoms with Crippen molar-refractivity contribution in [2.24, 2.45) is 0 Å². The van der Waals surface area contributed by atoms with Crippen LogP contribution >= 0.6 is 0 Å². The van der Waals surface area contributed by atoms with Crippen LogP contribution < -0.4 is 5.32 Å². The van der Waals surface area contributed by atoms with Gasteiger partial charge in [-0.3, -0.25) is 9.59 Å². The predicted octanol–water partition coefficient (Wildman–Crippen LogP) is 0.270.